The highest BCUT2D eigenvalue weighted by Gasteiger charge is 2.14. The molecule has 2 rings (SSSR count). The van der Waals surface area contributed by atoms with Crippen LogP contribution in [0.4, 0.5) is 0 Å². The Morgan fingerprint density at radius 1 is 1.20 bits per heavy atom. The summed E-state index contributed by atoms with van der Waals surface area (Å²) in [6.45, 7) is 6.02. The van der Waals surface area contributed by atoms with E-state index in [0.717, 1.165) is 0 Å². The van der Waals surface area contributed by atoms with Crippen molar-refractivity contribution in [1.82, 2.24) is 5.32 Å². The van der Waals surface area contributed by atoms with Crippen LogP contribution in [0.15, 0.2) is 18.2 Å². The van der Waals surface area contributed by atoms with Crippen LogP contribution in [0.25, 0.3) is 0 Å². The molecule has 0 aliphatic heterocycles. The predicted octanol–water partition coefficient (Wildman–Crippen LogP) is 3.17. The number of amides is 1. The van der Waals surface area contributed by atoms with Crippen LogP contribution in [-0.2, 0) is 22.4 Å². The van der Waals surface area contributed by atoms with Crippen molar-refractivity contribution in [2.75, 3.05) is 6.61 Å². The van der Waals surface area contributed by atoms with Crippen LogP contribution in [0.1, 0.15) is 56.3 Å². The van der Waals surface area contributed by atoms with E-state index in [1.165, 1.54) is 42.4 Å². The fourth-order valence-electron chi connectivity index (χ4n) is 2.63. The van der Waals surface area contributed by atoms with E-state index >= 15 is 0 Å². The maximum atomic E-state index is 11.8. The molecule has 0 saturated carbocycles. The van der Waals surface area contributed by atoms with Crippen molar-refractivity contribution >= 4 is 5.91 Å². The Hall–Kier alpha value is -1.35. The van der Waals surface area contributed by atoms with E-state index in [2.05, 4.69) is 23.5 Å². The molecule has 1 amide bonds. The number of benzene rings is 1. The molecule has 0 saturated heterocycles. The van der Waals surface area contributed by atoms with E-state index in [4.69, 9.17) is 4.74 Å². The van der Waals surface area contributed by atoms with Gasteiger partial charge in [-0.2, -0.15) is 0 Å². The van der Waals surface area contributed by atoms with Gasteiger partial charge in [-0.1, -0.05) is 18.2 Å². The zero-order chi connectivity index (χ0) is 14.5. The van der Waals surface area contributed by atoms with Gasteiger partial charge in [0, 0.05) is 0 Å². The monoisotopic (exact) mass is 275 g/mol. The van der Waals surface area contributed by atoms with Gasteiger partial charge in [-0.05, 0) is 63.1 Å². The van der Waals surface area contributed by atoms with Gasteiger partial charge in [-0.15, -0.1) is 0 Å². The zero-order valence-corrected chi connectivity index (χ0v) is 12.7. The van der Waals surface area contributed by atoms with Gasteiger partial charge in [0.1, 0.15) is 6.61 Å². The first-order chi connectivity index (χ1) is 9.56. The summed E-state index contributed by atoms with van der Waals surface area (Å²) in [6.07, 6.45) is 5.02. The maximum absolute atomic E-state index is 11.8. The van der Waals surface area contributed by atoms with Crippen molar-refractivity contribution in [2.45, 2.75) is 58.6 Å². The molecule has 0 heterocycles. The summed E-state index contributed by atoms with van der Waals surface area (Å²) < 4.78 is 5.32. The number of carbonyl (C=O) groups is 1. The van der Waals surface area contributed by atoms with Crippen LogP contribution in [0.2, 0.25) is 0 Å². The smallest absolute Gasteiger partial charge is 0.246 e. The highest BCUT2D eigenvalue weighted by atomic mass is 16.5. The molecular formula is C17H25NO2. The first-order valence-electron chi connectivity index (χ1n) is 7.59. The van der Waals surface area contributed by atoms with Gasteiger partial charge in [0.05, 0.1) is 12.1 Å². The molecule has 1 atom stereocenters. The van der Waals surface area contributed by atoms with Gasteiger partial charge in [0.15, 0.2) is 0 Å². The lowest BCUT2D eigenvalue weighted by Gasteiger charge is -2.20. The molecular weight excluding hydrogens is 250 g/mol. The quantitative estimate of drug-likeness (QED) is 0.896. The first-order valence-corrected chi connectivity index (χ1v) is 7.59. The number of fused-ring (bicyclic) bond motifs is 1. The number of hydrogen-bond acceptors (Lipinski definition) is 2. The summed E-state index contributed by atoms with van der Waals surface area (Å²) in [7, 11) is 0. The fraction of sp³-hybridized carbons (Fsp3) is 0.588. The minimum atomic E-state index is -0.0519. The lowest BCUT2D eigenvalue weighted by atomic mass is 9.89. The second kappa shape index (κ2) is 6.89. The highest BCUT2D eigenvalue weighted by Crippen LogP contribution is 2.24. The van der Waals surface area contributed by atoms with Crippen LogP contribution in [0.3, 0.4) is 0 Å². The minimum absolute atomic E-state index is 0.0329. The Bertz CT molecular complexity index is 468. The van der Waals surface area contributed by atoms with Gasteiger partial charge in [0.25, 0.3) is 0 Å². The molecule has 0 fully saturated rings. The molecule has 0 bridgehead atoms. The number of rotatable bonds is 5. The van der Waals surface area contributed by atoms with E-state index in [1.807, 2.05) is 20.8 Å². The van der Waals surface area contributed by atoms with E-state index < -0.39 is 0 Å². The van der Waals surface area contributed by atoms with E-state index in [9.17, 15) is 4.79 Å². The Balaban J connectivity index is 1.95. The van der Waals surface area contributed by atoms with Gasteiger partial charge in [-0.3, -0.25) is 4.79 Å². The molecule has 1 N–H and O–H groups in total. The summed E-state index contributed by atoms with van der Waals surface area (Å²) in [4.78, 5) is 11.8. The third-order valence-corrected chi connectivity index (χ3v) is 3.80. The molecule has 3 heteroatoms. The lowest BCUT2D eigenvalue weighted by molar-refractivity contribution is -0.127. The topological polar surface area (TPSA) is 38.3 Å². The molecule has 1 aromatic rings. The van der Waals surface area contributed by atoms with Crippen LogP contribution in [-0.4, -0.2) is 18.6 Å². The Kier molecular flexibility index (Phi) is 5.18. The van der Waals surface area contributed by atoms with Crippen molar-refractivity contribution in [3.05, 3.63) is 34.9 Å². The lowest BCUT2D eigenvalue weighted by Crippen LogP contribution is -2.31. The average molecular weight is 275 g/mol. The number of nitrogens with one attached hydrogen (secondary N) is 1. The average Bonchev–Trinajstić information content (AvgIpc) is 2.44. The van der Waals surface area contributed by atoms with Crippen molar-refractivity contribution in [3.63, 3.8) is 0 Å². The number of ether oxygens (including phenoxy) is 1. The summed E-state index contributed by atoms with van der Waals surface area (Å²) >= 11 is 0. The van der Waals surface area contributed by atoms with Gasteiger partial charge < -0.3 is 10.1 Å². The van der Waals surface area contributed by atoms with Gasteiger partial charge >= 0.3 is 0 Å². The van der Waals surface area contributed by atoms with E-state index in [-0.39, 0.29) is 24.7 Å². The van der Waals surface area contributed by atoms with Crippen molar-refractivity contribution in [2.24, 2.45) is 0 Å². The van der Waals surface area contributed by atoms with Crippen LogP contribution < -0.4 is 5.32 Å². The Morgan fingerprint density at radius 2 is 1.90 bits per heavy atom. The van der Waals surface area contributed by atoms with E-state index in [0.29, 0.717) is 0 Å². The largest absolute Gasteiger partial charge is 0.369 e. The maximum Gasteiger partial charge on any atom is 0.246 e. The number of hydrogen-bond donors (Lipinski definition) is 1. The summed E-state index contributed by atoms with van der Waals surface area (Å²) in [5.74, 6) is -0.0519. The molecule has 1 aliphatic carbocycles. The van der Waals surface area contributed by atoms with Crippen LogP contribution in [0.5, 0.6) is 0 Å². The highest BCUT2D eigenvalue weighted by molar-refractivity contribution is 5.77. The van der Waals surface area contributed by atoms with E-state index in [1.54, 1.807) is 0 Å². The molecule has 0 spiro atoms. The summed E-state index contributed by atoms with van der Waals surface area (Å²) in [5.41, 5.74) is 4.11. The molecule has 0 aromatic heterocycles. The molecule has 3 nitrogen and oxygen atoms in total. The van der Waals surface area contributed by atoms with Crippen molar-refractivity contribution < 1.29 is 9.53 Å². The minimum Gasteiger partial charge on any atom is -0.369 e. The fourth-order valence-corrected chi connectivity index (χ4v) is 2.63. The number of carbonyl (C=O) groups excluding carboxylic acids is 1. The Morgan fingerprint density at radius 3 is 2.60 bits per heavy atom. The number of aryl methyl sites for hydroxylation is 2. The second-order valence-electron chi connectivity index (χ2n) is 5.88. The SMILES string of the molecule is CC(C)OCC(=O)NC(C)c1ccc2c(c1)CCCC2. The van der Waals surface area contributed by atoms with Gasteiger partial charge in [0.2, 0.25) is 5.91 Å². The zero-order valence-electron chi connectivity index (χ0n) is 12.7. The standard InChI is InChI=1S/C17H25NO2/c1-12(2)20-11-17(19)18-13(3)15-9-8-14-6-4-5-7-16(14)10-15/h8-10,12-13H,4-7,11H2,1-3H3,(H,18,19). The van der Waals surface area contributed by atoms with Crippen molar-refractivity contribution in [1.29, 1.82) is 0 Å². The third kappa shape index (κ3) is 4.07. The molecule has 110 valence electrons. The first kappa shape index (κ1) is 15.0. The van der Waals surface area contributed by atoms with Crippen LogP contribution >= 0.6 is 0 Å². The molecule has 1 unspecified atom stereocenters. The third-order valence-electron chi connectivity index (χ3n) is 3.80. The molecule has 1 aliphatic rings. The molecule has 20 heavy (non-hydrogen) atoms. The van der Waals surface area contributed by atoms with Crippen molar-refractivity contribution in [3.8, 4) is 0 Å². The predicted molar refractivity (Wildman–Crippen MR) is 80.7 cm³/mol. The molecule has 1 aromatic carbocycles. The molecule has 0 radical (unpaired) electrons. The van der Waals surface area contributed by atoms with Gasteiger partial charge in [-0.25, -0.2) is 0 Å². The summed E-state index contributed by atoms with van der Waals surface area (Å²) in [6, 6.07) is 6.64. The van der Waals surface area contributed by atoms with Crippen LogP contribution in [0, 0.1) is 0 Å². The normalized spacial score (nSPS) is 15.8. The second-order valence-corrected chi connectivity index (χ2v) is 5.88. The Labute approximate surface area is 121 Å². The summed E-state index contributed by atoms with van der Waals surface area (Å²) in [5, 5.41) is 2.99.